The monoisotopic (exact) mass is 321 g/mol. The molecule has 6 heteroatoms. The van der Waals surface area contributed by atoms with Gasteiger partial charge >= 0.3 is 0 Å². The van der Waals surface area contributed by atoms with Crippen LogP contribution in [0.3, 0.4) is 0 Å². The molecule has 0 saturated heterocycles. The molecule has 1 atom stereocenters. The minimum atomic E-state index is -3.71. The predicted octanol–water partition coefficient (Wildman–Crippen LogP) is 3.68. The van der Waals surface area contributed by atoms with Crippen molar-refractivity contribution in [1.29, 1.82) is 0 Å². The molecule has 1 unspecified atom stereocenters. The average Bonchev–Trinajstić information content (AvgIpc) is 2.40. The van der Waals surface area contributed by atoms with E-state index in [1.807, 2.05) is 13.8 Å². The Morgan fingerprint density at radius 3 is 2.50 bits per heavy atom. The molecule has 0 aliphatic rings. The highest BCUT2D eigenvalue weighted by Gasteiger charge is 2.27. The summed E-state index contributed by atoms with van der Waals surface area (Å²) in [6.07, 6.45) is 1.64. The van der Waals surface area contributed by atoms with Gasteiger partial charge in [0.1, 0.15) is 5.82 Å². The first kappa shape index (κ1) is 17.4. The van der Waals surface area contributed by atoms with Crippen LogP contribution in [0, 0.1) is 12.7 Å². The van der Waals surface area contributed by atoms with Crippen LogP contribution in [0.5, 0.6) is 0 Å². The summed E-state index contributed by atoms with van der Waals surface area (Å²) in [5.74, 6) is -0.466. The van der Waals surface area contributed by atoms with E-state index in [0.29, 0.717) is 5.56 Å². The molecule has 20 heavy (non-hydrogen) atoms. The molecule has 0 radical (unpaired) electrons. The van der Waals surface area contributed by atoms with E-state index in [-0.39, 0.29) is 22.4 Å². The van der Waals surface area contributed by atoms with Crippen LogP contribution >= 0.6 is 11.6 Å². The summed E-state index contributed by atoms with van der Waals surface area (Å²) in [5, 5.41) is 0. The third-order valence-electron chi connectivity index (χ3n) is 3.49. The number of sulfonamides is 1. The number of hydrogen-bond acceptors (Lipinski definition) is 2. The van der Waals surface area contributed by atoms with Gasteiger partial charge in [0.2, 0.25) is 10.0 Å². The van der Waals surface area contributed by atoms with Gasteiger partial charge in [-0.15, -0.1) is 11.6 Å². The van der Waals surface area contributed by atoms with Crippen LogP contribution in [-0.2, 0) is 15.9 Å². The van der Waals surface area contributed by atoms with E-state index in [1.54, 1.807) is 0 Å². The molecule has 0 aliphatic heterocycles. The summed E-state index contributed by atoms with van der Waals surface area (Å²) in [7, 11) is -2.18. The number of benzene rings is 1. The van der Waals surface area contributed by atoms with Gasteiger partial charge in [-0.05, 0) is 38.0 Å². The SMILES string of the molecule is CCCC(C)N(C)S(=O)(=O)c1cc(CCl)cc(F)c1C. The maximum absolute atomic E-state index is 13.8. The Kier molecular flexibility index (Phi) is 5.98. The summed E-state index contributed by atoms with van der Waals surface area (Å²) in [6, 6.07) is 2.60. The molecule has 1 aromatic rings. The van der Waals surface area contributed by atoms with Gasteiger partial charge in [0.15, 0.2) is 0 Å². The van der Waals surface area contributed by atoms with Crippen LogP contribution in [0.15, 0.2) is 17.0 Å². The normalized spacial score (nSPS) is 13.8. The zero-order chi connectivity index (χ0) is 15.5. The van der Waals surface area contributed by atoms with Crippen molar-refractivity contribution in [3.63, 3.8) is 0 Å². The average molecular weight is 322 g/mol. The molecule has 114 valence electrons. The molecule has 0 fully saturated rings. The van der Waals surface area contributed by atoms with Crippen molar-refractivity contribution in [2.24, 2.45) is 0 Å². The molecule has 1 rings (SSSR count). The Balaban J connectivity index is 3.31. The number of nitrogens with zero attached hydrogens (tertiary/aromatic N) is 1. The second-order valence-corrected chi connectivity index (χ2v) is 7.23. The van der Waals surface area contributed by atoms with E-state index in [2.05, 4.69) is 0 Å². The van der Waals surface area contributed by atoms with Gasteiger partial charge in [0.25, 0.3) is 0 Å². The zero-order valence-corrected chi connectivity index (χ0v) is 13.9. The van der Waals surface area contributed by atoms with Crippen LogP contribution in [0.1, 0.15) is 37.8 Å². The summed E-state index contributed by atoms with van der Waals surface area (Å²) < 4.78 is 40.3. The molecule has 0 bridgehead atoms. The maximum atomic E-state index is 13.8. The lowest BCUT2D eigenvalue weighted by molar-refractivity contribution is 0.368. The van der Waals surface area contributed by atoms with Crippen LogP contribution in [0.2, 0.25) is 0 Å². The molecule has 0 N–H and O–H groups in total. The van der Waals surface area contributed by atoms with E-state index < -0.39 is 15.8 Å². The Morgan fingerprint density at radius 2 is 2.00 bits per heavy atom. The summed E-state index contributed by atoms with van der Waals surface area (Å²) >= 11 is 5.69. The molecule has 1 aromatic carbocycles. The van der Waals surface area contributed by atoms with Gasteiger partial charge in [0.05, 0.1) is 4.90 Å². The summed E-state index contributed by atoms with van der Waals surface area (Å²) in [6.45, 7) is 5.31. The van der Waals surface area contributed by atoms with Crippen molar-refractivity contribution in [3.8, 4) is 0 Å². The lowest BCUT2D eigenvalue weighted by Crippen LogP contribution is -2.35. The standard InChI is InChI=1S/C14H21ClFNO2S/c1-5-6-10(2)17(4)20(18,19)14-8-12(9-15)7-13(16)11(14)3/h7-8,10H,5-6,9H2,1-4H3. The van der Waals surface area contributed by atoms with Gasteiger partial charge < -0.3 is 0 Å². The molecular weight excluding hydrogens is 301 g/mol. The first-order chi connectivity index (χ1) is 9.25. The van der Waals surface area contributed by atoms with Gasteiger partial charge in [-0.1, -0.05) is 13.3 Å². The minimum Gasteiger partial charge on any atom is -0.207 e. The van der Waals surface area contributed by atoms with Crippen LogP contribution in [0.4, 0.5) is 4.39 Å². The molecule has 0 amide bonds. The van der Waals surface area contributed by atoms with Gasteiger partial charge in [-0.2, -0.15) is 4.31 Å². The molecule has 0 aromatic heterocycles. The molecule has 0 saturated carbocycles. The number of alkyl halides is 1. The lowest BCUT2D eigenvalue weighted by Gasteiger charge is -2.25. The van der Waals surface area contributed by atoms with Crippen LogP contribution < -0.4 is 0 Å². The Bertz CT molecular complexity index is 575. The summed E-state index contributed by atoms with van der Waals surface area (Å²) in [5.41, 5.74) is 0.597. The fourth-order valence-electron chi connectivity index (χ4n) is 2.04. The lowest BCUT2D eigenvalue weighted by atomic mass is 10.1. The molecule has 0 aliphatic carbocycles. The van der Waals surface area contributed by atoms with E-state index in [1.165, 1.54) is 30.4 Å². The molecule has 3 nitrogen and oxygen atoms in total. The van der Waals surface area contributed by atoms with Gasteiger partial charge in [0, 0.05) is 24.5 Å². The number of hydrogen-bond donors (Lipinski definition) is 0. The highest BCUT2D eigenvalue weighted by molar-refractivity contribution is 7.89. The zero-order valence-electron chi connectivity index (χ0n) is 12.3. The van der Waals surface area contributed by atoms with Crippen LogP contribution in [0.25, 0.3) is 0 Å². The van der Waals surface area contributed by atoms with Crippen molar-refractivity contribution in [2.45, 2.75) is 50.4 Å². The van der Waals surface area contributed by atoms with Gasteiger partial charge in [-0.3, -0.25) is 0 Å². The minimum absolute atomic E-state index is 0.00129. The molecular formula is C14H21ClFNO2S. The van der Waals surface area contributed by atoms with E-state index >= 15 is 0 Å². The Hall–Kier alpha value is -0.650. The maximum Gasteiger partial charge on any atom is 0.243 e. The highest BCUT2D eigenvalue weighted by Crippen LogP contribution is 2.25. The van der Waals surface area contributed by atoms with Crippen molar-refractivity contribution in [2.75, 3.05) is 7.05 Å². The summed E-state index contributed by atoms with van der Waals surface area (Å²) in [4.78, 5) is -0.00129. The number of halogens is 2. The second-order valence-electron chi connectivity index (χ2n) is 4.99. The first-order valence-corrected chi connectivity index (χ1v) is 8.56. The number of rotatable bonds is 6. The van der Waals surface area contributed by atoms with Gasteiger partial charge in [-0.25, -0.2) is 12.8 Å². The smallest absolute Gasteiger partial charge is 0.207 e. The topological polar surface area (TPSA) is 37.4 Å². The third-order valence-corrected chi connectivity index (χ3v) is 5.90. The second kappa shape index (κ2) is 6.87. The fourth-order valence-corrected chi connectivity index (χ4v) is 3.87. The highest BCUT2D eigenvalue weighted by atomic mass is 35.5. The van der Waals surface area contributed by atoms with Crippen LogP contribution in [-0.4, -0.2) is 25.8 Å². The quantitative estimate of drug-likeness (QED) is 0.749. The van der Waals surface area contributed by atoms with E-state index in [0.717, 1.165) is 12.8 Å². The van der Waals surface area contributed by atoms with Crippen molar-refractivity contribution in [3.05, 3.63) is 29.1 Å². The Morgan fingerprint density at radius 1 is 1.40 bits per heavy atom. The molecule has 0 spiro atoms. The predicted molar refractivity (Wildman–Crippen MR) is 80.0 cm³/mol. The van der Waals surface area contributed by atoms with E-state index in [4.69, 9.17) is 11.6 Å². The first-order valence-electron chi connectivity index (χ1n) is 6.58. The van der Waals surface area contributed by atoms with E-state index in [9.17, 15) is 12.8 Å². The van der Waals surface area contributed by atoms with Crippen molar-refractivity contribution < 1.29 is 12.8 Å². The largest absolute Gasteiger partial charge is 0.243 e. The van der Waals surface area contributed by atoms with Crippen molar-refractivity contribution in [1.82, 2.24) is 4.31 Å². The fraction of sp³-hybridized carbons (Fsp3) is 0.571. The third kappa shape index (κ3) is 3.51. The van der Waals surface area contributed by atoms with Crippen molar-refractivity contribution >= 4 is 21.6 Å². The molecule has 0 heterocycles. The Labute approximate surface area is 125 Å².